The standard InChI is InChI=1S/C27H43NO4/c1-22(12-9-10-15-23-13-6-5-7-14-23)25(29)19-17-24-18-20-26(30)28(24)21-11-4-3-8-16-27(31)32-2/h5-7,13-14,22,24-25,29H,3-4,8-12,15-21H2,1-2H3/t22-,24?,25+/m0/s1. The summed E-state index contributed by atoms with van der Waals surface area (Å²) in [6.07, 6.45) is 11.7. The van der Waals surface area contributed by atoms with Crippen molar-refractivity contribution in [2.75, 3.05) is 13.7 Å². The van der Waals surface area contributed by atoms with Gasteiger partial charge in [-0.15, -0.1) is 0 Å². The molecule has 0 radical (unpaired) electrons. The molecule has 3 atom stereocenters. The van der Waals surface area contributed by atoms with Crippen LogP contribution in [-0.4, -0.2) is 47.7 Å². The monoisotopic (exact) mass is 445 g/mol. The average molecular weight is 446 g/mol. The van der Waals surface area contributed by atoms with Gasteiger partial charge in [0.15, 0.2) is 0 Å². The van der Waals surface area contributed by atoms with Crippen LogP contribution in [0.25, 0.3) is 0 Å². The Hall–Kier alpha value is -1.88. The molecule has 2 rings (SSSR count). The second-order valence-corrected chi connectivity index (χ2v) is 9.37. The van der Waals surface area contributed by atoms with Gasteiger partial charge in [0.1, 0.15) is 0 Å². The predicted octanol–water partition coefficient (Wildman–Crippen LogP) is 5.29. The number of carbonyl (C=O) groups is 2. The van der Waals surface area contributed by atoms with Gasteiger partial charge >= 0.3 is 5.97 Å². The van der Waals surface area contributed by atoms with E-state index < -0.39 is 0 Å². The van der Waals surface area contributed by atoms with E-state index in [1.165, 1.54) is 12.7 Å². The van der Waals surface area contributed by atoms with Gasteiger partial charge in [-0.1, -0.05) is 56.5 Å². The van der Waals surface area contributed by atoms with Crippen LogP contribution in [0.4, 0.5) is 0 Å². The first-order chi connectivity index (χ1) is 15.5. The van der Waals surface area contributed by atoms with E-state index in [-0.39, 0.29) is 24.0 Å². The largest absolute Gasteiger partial charge is 0.469 e. The number of rotatable bonds is 16. The lowest BCUT2D eigenvalue weighted by atomic mass is 9.92. The summed E-state index contributed by atoms with van der Waals surface area (Å²) < 4.78 is 4.66. The summed E-state index contributed by atoms with van der Waals surface area (Å²) in [6, 6.07) is 10.9. The summed E-state index contributed by atoms with van der Waals surface area (Å²) in [6.45, 7) is 2.95. The van der Waals surface area contributed by atoms with Crippen molar-refractivity contribution in [2.45, 2.75) is 103 Å². The van der Waals surface area contributed by atoms with Gasteiger partial charge in [-0.2, -0.15) is 0 Å². The molecule has 1 heterocycles. The highest BCUT2D eigenvalue weighted by Gasteiger charge is 2.30. The maximum atomic E-state index is 12.3. The summed E-state index contributed by atoms with van der Waals surface area (Å²) in [7, 11) is 1.42. The molecule has 5 nitrogen and oxygen atoms in total. The van der Waals surface area contributed by atoms with Crippen molar-refractivity contribution in [1.82, 2.24) is 4.90 Å². The zero-order valence-electron chi connectivity index (χ0n) is 20.1. The van der Waals surface area contributed by atoms with Crippen molar-refractivity contribution in [3.05, 3.63) is 35.9 Å². The van der Waals surface area contributed by atoms with Gasteiger partial charge in [0, 0.05) is 25.4 Å². The molecule has 0 aromatic heterocycles. The molecule has 1 aliphatic rings. The van der Waals surface area contributed by atoms with Crippen LogP contribution in [0.5, 0.6) is 0 Å². The third-order valence-corrected chi connectivity index (χ3v) is 6.88. The molecule has 0 spiro atoms. The number of esters is 1. The normalized spacial score (nSPS) is 18.0. The number of aliphatic hydroxyl groups excluding tert-OH is 1. The minimum Gasteiger partial charge on any atom is -0.469 e. The number of likely N-dealkylation sites (tertiary alicyclic amines) is 1. The number of amides is 1. The van der Waals surface area contributed by atoms with Gasteiger partial charge in [-0.25, -0.2) is 0 Å². The summed E-state index contributed by atoms with van der Waals surface area (Å²) in [5.74, 6) is 0.405. The molecule has 1 saturated heterocycles. The molecule has 1 N–H and O–H groups in total. The third-order valence-electron chi connectivity index (χ3n) is 6.88. The molecular weight excluding hydrogens is 402 g/mol. The molecule has 1 aromatic carbocycles. The van der Waals surface area contributed by atoms with E-state index in [0.29, 0.717) is 18.8 Å². The number of methoxy groups -OCH3 is 1. The molecule has 0 saturated carbocycles. The molecule has 5 heteroatoms. The van der Waals surface area contributed by atoms with Crippen LogP contribution in [0.15, 0.2) is 30.3 Å². The number of unbranched alkanes of at least 4 members (excludes halogenated alkanes) is 4. The van der Waals surface area contributed by atoms with Gasteiger partial charge in [0.25, 0.3) is 0 Å². The SMILES string of the molecule is COC(=O)CCCCCCN1C(=O)CCC1CC[C@@H](O)[C@@H](C)CCCCc1ccccc1. The Balaban J connectivity index is 1.59. The predicted molar refractivity (Wildman–Crippen MR) is 128 cm³/mol. The van der Waals surface area contributed by atoms with E-state index in [1.54, 1.807) is 0 Å². The Morgan fingerprint density at radius 2 is 1.84 bits per heavy atom. The second kappa shape index (κ2) is 15.0. The molecule has 0 bridgehead atoms. The molecule has 32 heavy (non-hydrogen) atoms. The summed E-state index contributed by atoms with van der Waals surface area (Å²) in [5.41, 5.74) is 1.38. The summed E-state index contributed by atoms with van der Waals surface area (Å²) >= 11 is 0. The molecule has 1 amide bonds. The lowest BCUT2D eigenvalue weighted by Crippen LogP contribution is -2.35. The highest BCUT2D eigenvalue weighted by atomic mass is 16.5. The van der Waals surface area contributed by atoms with Crippen LogP contribution in [0, 0.1) is 5.92 Å². The highest BCUT2D eigenvalue weighted by molar-refractivity contribution is 5.78. The van der Waals surface area contributed by atoms with Crippen molar-refractivity contribution in [3.8, 4) is 0 Å². The van der Waals surface area contributed by atoms with E-state index in [0.717, 1.165) is 77.2 Å². The van der Waals surface area contributed by atoms with E-state index >= 15 is 0 Å². The number of benzene rings is 1. The average Bonchev–Trinajstić information content (AvgIpc) is 3.16. The van der Waals surface area contributed by atoms with E-state index in [4.69, 9.17) is 0 Å². The Kier molecular flexibility index (Phi) is 12.4. The van der Waals surface area contributed by atoms with E-state index in [9.17, 15) is 14.7 Å². The number of aryl methyl sites for hydroxylation is 1. The van der Waals surface area contributed by atoms with Crippen LogP contribution in [0.2, 0.25) is 0 Å². The quantitative estimate of drug-likeness (QED) is 0.277. The van der Waals surface area contributed by atoms with Crippen molar-refractivity contribution >= 4 is 11.9 Å². The van der Waals surface area contributed by atoms with Gasteiger partial charge in [0.2, 0.25) is 5.91 Å². The fourth-order valence-corrected chi connectivity index (χ4v) is 4.69. The number of hydrogen-bond donors (Lipinski definition) is 1. The summed E-state index contributed by atoms with van der Waals surface area (Å²) in [4.78, 5) is 25.5. The Morgan fingerprint density at radius 1 is 1.09 bits per heavy atom. The van der Waals surface area contributed by atoms with Gasteiger partial charge in [-0.3, -0.25) is 9.59 Å². The lowest BCUT2D eigenvalue weighted by Gasteiger charge is -2.27. The first-order valence-electron chi connectivity index (χ1n) is 12.6. The molecule has 1 unspecified atom stereocenters. The first-order valence-corrected chi connectivity index (χ1v) is 12.6. The zero-order chi connectivity index (χ0) is 23.2. The lowest BCUT2D eigenvalue weighted by molar-refractivity contribution is -0.140. The molecule has 0 aliphatic carbocycles. The third kappa shape index (κ3) is 9.72. The maximum Gasteiger partial charge on any atom is 0.305 e. The van der Waals surface area contributed by atoms with Gasteiger partial charge in [-0.05, 0) is 62.8 Å². The van der Waals surface area contributed by atoms with Crippen LogP contribution in [0.3, 0.4) is 0 Å². The Labute approximate surface area is 194 Å². The Bertz CT molecular complexity index is 663. The number of hydrogen-bond acceptors (Lipinski definition) is 4. The van der Waals surface area contributed by atoms with Crippen LogP contribution in [0.1, 0.15) is 89.5 Å². The number of aliphatic hydroxyl groups is 1. The fourth-order valence-electron chi connectivity index (χ4n) is 4.69. The van der Waals surface area contributed by atoms with Crippen molar-refractivity contribution in [1.29, 1.82) is 0 Å². The van der Waals surface area contributed by atoms with Crippen molar-refractivity contribution in [2.24, 2.45) is 5.92 Å². The molecule has 1 aromatic rings. The highest BCUT2D eigenvalue weighted by Crippen LogP contribution is 2.26. The van der Waals surface area contributed by atoms with Crippen LogP contribution in [-0.2, 0) is 20.7 Å². The minimum atomic E-state index is -0.289. The van der Waals surface area contributed by atoms with Gasteiger partial charge in [0.05, 0.1) is 13.2 Å². The maximum absolute atomic E-state index is 12.3. The number of ether oxygens (including phenoxy) is 1. The van der Waals surface area contributed by atoms with Crippen molar-refractivity contribution in [3.63, 3.8) is 0 Å². The number of nitrogens with zero attached hydrogens (tertiary/aromatic N) is 1. The molecule has 1 aliphatic heterocycles. The second-order valence-electron chi connectivity index (χ2n) is 9.37. The minimum absolute atomic E-state index is 0.149. The smallest absolute Gasteiger partial charge is 0.305 e. The fraction of sp³-hybridized carbons (Fsp3) is 0.704. The van der Waals surface area contributed by atoms with Gasteiger partial charge < -0.3 is 14.7 Å². The van der Waals surface area contributed by atoms with Crippen LogP contribution < -0.4 is 0 Å². The van der Waals surface area contributed by atoms with E-state index in [1.807, 2.05) is 4.90 Å². The molecule has 180 valence electrons. The van der Waals surface area contributed by atoms with E-state index in [2.05, 4.69) is 42.0 Å². The van der Waals surface area contributed by atoms with Crippen LogP contribution >= 0.6 is 0 Å². The summed E-state index contributed by atoms with van der Waals surface area (Å²) in [5, 5.41) is 10.6. The zero-order valence-corrected chi connectivity index (χ0v) is 20.1. The topological polar surface area (TPSA) is 66.8 Å². The molecular formula is C27H43NO4. The number of carbonyl (C=O) groups excluding carboxylic acids is 2. The van der Waals surface area contributed by atoms with Crippen molar-refractivity contribution < 1.29 is 19.4 Å². The Morgan fingerprint density at radius 3 is 2.59 bits per heavy atom. The first kappa shape index (κ1) is 26.4. The molecule has 1 fully saturated rings.